The molecule has 0 aromatic heterocycles. The van der Waals surface area contributed by atoms with Crippen LogP contribution in [0.5, 0.6) is 0 Å². The van der Waals surface area contributed by atoms with Gasteiger partial charge in [0.05, 0.1) is 0 Å². The second kappa shape index (κ2) is 10.3. The minimum Gasteiger partial charge on any atom is -0.357 e. The standard InChI is InChI=1S/C18H27BrN4O/c1-2-20-18(23-16-9-3-4-10-16)22-12-6-11-21-17(24)14-7-5-8-15(19)13-14/h5,7-8,13,16H,2-4,6,9-12H2,1H3,(H,21,24)(H2,20,22,23). The Labute approximate surface area is 152 Å². The van der Waals surface area contributed by atoms with Crippen LogP contribution in [-0.4, -0.2) is 37.5 Å². The van der Waals surface area contributed by atoms with Crippen LogP contribution in [0.3, 0.4) is 0 Å². The van der Waals surface area contributed by atoms with Crippen molar-refractivity contribution in [2.75, 3.05) is 19.6 Å². The van der Waals surface area contributed by atoms with E-state index in [1.165, 1.54) is 25.7 Å². The highest BCUT2D eigenvalue weighted by Gasteiger charge is 2.15. The van der Waals surface area contributed by atoms with Crippen LogP contribution < -0.4 is 16.0 Å². The third kappa shape index (κ3) is 6.51. The number of carbonyl (C=O) groups excluding carboxylic acids is 1. The molecular weight excluding hydrogens is 368 g/mol. The Kier molecular flexibility index (Phi) is 8.08. The summed E-state index contributed by atoms with van der Waals surface area (Å²) in [6, 6.07) is 7.96. The number of hydrogen-bond donors (Lipinski definition) is 3. The minimum absolute atomic E-state index is 0.0451. The second-order valence-corrected chi connectivity index (χ2v) is 6.92. The van der Waals surface area contributed by atoms with Gasteiger partial charge in [0, 0.05) is 35.7 Å². The summed E-state index contributed by atoms with van der Waals surface area (Å²) >= 11 is 3.38. The van der Waals surface area contributed by atoms with E-state index >= 15 is 0 Å². The molecule has 1 aliphatic carbocycles. The number of carbonyl (C=O) groups is 1. The molecule has 0 radical (unpaired) electrons. The summed E-state index contributed by atoms with van der Waals surface area (Å²) in [7, 11) is 0. The van der Waals surface area contributed by atoms with E-state index in [2.05, 4.69) is 43.8 Å². The van der Waals surface area contributed by atoms with E-state index in [1.54, 1.807) is 0 Å². The fourth-order valence-corrected chi connectivity index (χ4v) is 3.19. The molecule has 0 heterocycles. The van der Waals surface area contributed by atoms with Crippen molar-refractivity contribution in [1.82, 2.24) is 16.0 Å². The molecule has 0 bridgehead atoms. The Balaban J connectivity index is 1.70. The average molecular weight is 395 g/mol. The van der Waals surface area contributed by atoms with Gasteiger partial charge in [-0.05, 0) is 44.4 Å². The van der Waals surface area contributed by atoms with E-state index in [9.17, 15) is 4.79 Å². The highest BCUT2D eigenvalue weighted by Crippen LogP contribution is 2.17. The summed E-state index contributed by atoms with van der Waals surface area (Å²) in [6.45, 7) is 4.25. The van der Waals surface area contributed by atoms with Gasteiger partial charge in [-0.15, -0.1) is 0 Å². The van der Waals surface area contributed by atoms with Gasteiger partial charge in [-0.2, -0.15) is 0 Å². The van der Waals surface area contributed by atoms with Crippen molar-refractivity contribution in [3.63, 3.8) is 0 Å². The van der Waals surface area contributed by atoms with Crippen LogP contribution >= 0.6 is 15.9 Å². The highest BCUT2D eigenvalue weighted by atomic mass is 79.9. The summed E-state index contributed by atoms with van der Waals surface area (Å²) in [4.78, 5) is 16.6. The first-order valence-corrected chi connectivity index (χ1v) is 9.57. The molecule has 1 aromatic rings. The van der Waals surface area contributed by atoms with E-state index in [0.717, 1.165) is 23.4 Å². The topological polar surface area (TPSA) is 65.5 Å². The first-order chi connectivity index (χ1) is 11.7. The lowest BCUT2D eigenvalue weighted by atomic mass is 10.2. The molecule has 1 fully saturated rings. The van der Waals surface area contributed by atoms with E-state index < -0.39 is 0 Å². The maximum atomic E-state index is 12.0. The Hall–Kier alpha value is -1.56. The maximum Gasteiger partial charge on any atom is 0.251 e. The zero-order chi connectivity index (χ0) is 17.2. The largest absolute Gasteiger partial charge is 0.357 e. The number of hydrogen-bond acceptors (Lipinski definition) is 2. The van der Waals surface area contributed by atoms with Gasteiger partial charge in [-0.1, -0.05) is 34.8 Å². The molecule has 0 aliphatic heterocycles. The molecular formula is C18H27BrN4O. The zero-order valence-corrected chi connectivity index (χ0v) is 15.9. The van der Waals surface area contributed by atoms with Gasteiger partial charge in [0.2, 0.25) is 0 Å². The molecule has 0 unspecified atom stereocenters. The lowest BCUT2D eigenvalue weighted by Crippen LogP contribution is -2.42. The van der Waals surface area contributed by atoms with Crippen LogP contribution in [0, 0.1) is 0 Å². The van der Waals surface area contributed by atoms with Crippen LogP contribution in [0.15, 0.2) is 33.7 Å². The van der Waals surface area contributed by atoms with Crippen molar-refractivity contribution in [3.05, 3.63) is 34.3 Å². The van der Waals surface area contributed by atoms with Crippen LogP contribution in [0.25, 0.3) is 0 Å². The molecule has 24 heavy (non-hydrogen) atoms. The average Bonchev–Trinajstić information content (AvgIpc) is 3.07. The van der Waals surface area contributed by atoms with E-state index in [-0.39, 0.29) is 5.91 Å². The fourth-order valence-electron chi connectivity index (χ4n) is 2.79. The van der Waals surface area contributed by atoms with Crippen LogP contribution in [-0.2, 0) is 0 Å². The Morgan fingerprint density at radius 2 is 2.08 bits per heavy atom. The van der Waals surface area contributed by atoms with Crippen molar-refractivity contribution in [1.29, 1.82) is 0 Å². The van der Waals surface area contributed by atoms with Crippen molar-refractivity contribution < 1.29 is 4.79 Å². The third-order valence-corrected chi connectivity index (χ3v) is 4.51. The Morgan fingerprint density at radius 1 is 1.29 bits per heavy atom. The number of nitrogens with zero attached hydrogens (tertiary/aromatic N) is 1. The molecule has 5 nitrogen and oxygen atoms in total. The molecule has 1 aromatic carbocycles. The monoisotopic (exact) mass is 394 g/mol. The molecule has 1 saturated carbocycles. The van der Waals surface area contributed by atoms with Gasteiger partial charge < -0.3 is 16.0 Å². The van der Waals surface area contributed by atoms with Gasteiger partial charge in [-0.3, -0.25) is 9.79 Å². The van der Waals surface area contributed by atoms with Gasteiger partial charge in [0.25, 0.3) is 5.91 Å². The van der Waals surface area contributed by atoms with Gasteiger partial charge >= 0.3 is 0 Å². The van der Waals surface area contributed by atoms with Crippen LogP contribution in [0.4, 0.5) is 0 Å². The molecule has 0 atom stereocenters. The van der Waals surface area contributed by atoms with Gasteiger partial charge in [-0.25, -0.2) is 0 Å². The predicted octanol–water partition coefficient (Wildman–Crippen LogP) is 3.07. The third-order valence-electron chi connectivity index (χ3n) is 4.02. The number of guanidine groups is 1. The molecule has 132 valence electrons. The van der Waals surface area contributed by atoms with Crippen molar-refractivity contribution in [3.8, 4) is 0 Å². The molecule has 0 spiro atoms. The lowest BCUT2D eigenvalue weighted by molar-refractivity contribution is 0.0953. The van der Waals surface area contributed by atoms with Crippen molar-refractivity contribution in [2.45, 2.75) is 45.1 Å². The summed E-state index contributed by atoms with van der Waals surface area (Å²) in [5, 5.41) is 9.72. The lowest BCUT2D eigenvalue weighted by Gasteiger charge is -2.16. The number of benzene rings is 1. The quantitative estimate of drug-likeness (QED) is 0.378. The van der Waals surface area contributed by atoms with E-state index in [1.807, 2.05) is 24.3 Å². The highest BCUT2D eigenvalue weighted by molar-refractivity contribution is 9.10. The number of aliphatic imine (C=N–C) groups is 1. The molecule has 2 rings (SSSR count). The normalized spacial score (nSPS) is 15.3. The predicted molar refractivity (Wildman–Crippen MR) is 102 cm³/mol. The van der Waals surface area contributed by atoms with Gasteiger partial charge in [0.15, 0.2) is 5.96 Å². The van der Waals surface area contributed by atoms with Gasteiger partial charge in [0.1, 0.15) is 0 Å². The van der Waals surface area contributed by atoms with E-state index in [4.69, 9.17) is 0 Å². The number of amides is 1. The number of halogens is 1. The summed E-state index contributed by atoms with van der Waals surface area (Å²) < 4.78 is 0.910. The summed E-state index contributed by atoms with van der Waals surface area (Å²) in [5.41, 5.74) is 0.670. The Morgan fingerprint density at radius 3 is 2.79 bits per heavy atom. The van der Waals surface area contributed by atoms with E-state index in [0.29, 0.717) is 24.7 Å². The minimum atomic E-state index is -0.0451. The second-order valence-electron chi connectivity index (χ2n) is 6.01. The summed E-state index contributed by atoms with van der Waals surface area (Å²) in [6.07, 6.45) is 5.89. The van der Waals surface area contributed by atoms with Crippen LogP contribution in [0.1, 0.15) is 49.4 Å². The number of nitrogens with one attached hydrogen (secondary N) is 3. The smallest absolute Gasteiger partial charge is 0.251 e. The zero-order valence-electron chi connectivity index (χ0n) is 14.3. The molecule has 0 saturated heterocycles. The van der Waals surface area contributed by atoms with Crippen LogP contribution in [0.2, 0.25) is 0 Å². The van der Waals surface area contributed by atoms with Crippen molar-refractivity contribution >= 4 is 27.8 Å². The summed E-state index contributed by atoms with van der Waals surface area (Å²) in [5.74, 6) is 0.846. The fraction of sp³-hybridized carbons (Fsp3) is 0.556. The SMILES string of the molecule is CCNC(=NCCCNC(=O)c1cccc(Br)c1)NC1CCCC1. The molecule has 1 aliphatic rings. The first kappa shape index (κ1) is 18.8. The first-order valence-electron chi connectivity index (χ1n) is 8.77. The molecule has 1 amide bonds. The van der Waals surface area contributed by atoms with Crippen molar-refractivity contribution in [2.24, 2.45) is 4.99 Å². The number of rotatable bonds is 7. The maximum absolute atomic E-state index is 12.0. The molecule has 3 N–H and O–H groups in total. The Bertz CT molecular complexity index is 556. The molecule has 6 heteroatoms.